The Bertz CT molecular complexity index is 1230. The van der Waals surface area contributed by atoms with Gasteiger partial charge in [0.05, 0.1) is 5.76 Å². The van der Waals surface area contributed by atoms with Crippen molar-refractivity contribution in [3.8, 4) is 11.3 Å². The SMILES string of the molecule is CC(C)C(=O)/C=C(\O)C(C)C.Cc1cccc2c1sc1c(-c3[c-]cccc3)nccc12.[Ir]. The minimum Gasteiger partial charge on any atom is -0.512 e. The summed E-state index contributed by atoms with van der Waals surface area (Å²) in [5.74, 6) is 0.161. The minimum absolute atomic E-state index is 0. The Morgan fingerprint density at radius 2 is 1.72 bits per heavy atom. The van der Waals surface area contributed by atoms with Crippen molar-refractivity contribution in [1.29, 1.82) is 0 Å². The molecule has 0 spiro atoms. The number of nitrogens with zero attached hydrogens (tertiary/aromatic N) is 1. The van der Waals surface area contributed by atoms with Gasteiger partial charge in [-0.2, -0.15) is 0 Å². The third kappa shape index (κ3) is 5.92. The van der Waals surface area contributed by atoms with E-state index in [1.165, 1.54) is 31.8 Å². The number of aromatic nitrogens is 1. The van der Waals surface area contributed by atoms with Crippen molar-refractivity contribution in [2.24, 2.45) is 11.8 Å². The average Bonchev–Trinajstić information content (AvgIpc) is 3.15. The Morgan fingerprint density at radius 1 is 1.00 bits per heavy atom. The van der Waals surface area contributed by atoms with E-state index >= 15 is 0 Å². The second-order valence-electron chi connectivity index (χ2n) is 8.15. The monoisotopic (exact) mass is 623 g/mol. The predicted molar refractivity (Wildman–Crippen MR) is 132 cm³/mol. The van der Waals surface area contributed by atoms with E-state index in [0.717, 1.165) is 11.3 Å². The molecule has 2 aromatic carbocycles. The predicted octanol–water partition coefficient (Wildman–Crippen LogP) is 7.53. The largest absolute Gasteiger partial charge is 0.512 e. The molecule has 0 atom stereocenters. The number of hydrogen-bond acceptors (Lipinski definition) is 4. The number of rotatable bonds is 4. The number of fused-ring (bicyclic) bond motifs is 3. The maximum atomic E-state index is 11.0. The van der Waals surface area contributed by atoms with E-state index in [-0.39, 0.29) is 43.5 Å². The fourth-order valence-corrected chi connectivity index (χ4v) is 4.35. The zero-order chi connectivity index (χ0) is 22.5. The van der Waals surface area contributed by atoms with Gasteiger partial charge in [0.1, 0.15) is 0 Å². The number of carbonyl (C=O) groups is 1. The van der Waals surface area contributed by atoms with Crippen molar-refractivity contribution in [3.63, 3.8) is 0 Å². The molecule has 4 rings (SSSR count). The molecule has 5 heteroatoms. The molecule has 0 fully saturated rings. The molecule has 1 N–H and O–H groups in total. The van der Waals surface area contributed by atoms with Gasteiger partial charge >= 0.3 is 0 Å². The van der Waals surface area contributed by atoms with Gasteiger partial charge in [-0.3, -0.25) is 4.79 Å². The number of aliphatic hydroxyl groups is 1. The van der Waals surface area contributed by atoms with Gasteiger partial charge in [-0.05, 0) is 29.3 Å². The van der Waals surface area contributed by atoms with Gasteiger partial charge in [-0.1, -0.05) is 45.9 Å². The van der Waals surface area contributed by atoms with Gasteiger partial charge in [0.2, 0.25) is 0 Å². The molecule has 1 radical (unpaired) electrons. The molecule has 0 aliphatic carbocycles. The zero-order valence-electron chi connectivity index (χ0n) is 19.0. The molecule has 0 unspecified atom stereocenters. The molecule has 0 amide bonds. The first-order valence-electron chi connectivity index (χ1n) is 10.5. The van der Waals surface area contributed by atoms with Crippen LogP contribution in [-0.4, -0.2) is 15.9 Å². The van der Waals surface area contributed by atoms with E-state index in [4.69, 9.17) is 0 Å². The molecule has 4 aromatic rings. The number of carbonyl (C=O) groups excluding carboxylic acids is 1. The van der Waals surface area contributed by atoms with Crippen molar-refractivity contribution in [2.45, 2.75) is 34.6 Å². The van der Waals surface area contributed by atoms with Crippen LogP contribution in [-0.2, 0) is 24.9 Å². The van der Waals surface area contributed by atoms with Crippen molar-refractivity contribution in [1.82, 2.24) is 4.98 Å². The van der Waals surface area contributed by atoms with Crippen LogP contribution in [0, 0.1) is 24.8 Å². The molecular formula is C27H28IrNO2S-. The number of aryl methyl sites for hydroxylation is 1. The Balaban J connectivity index is 0.000000263. The average molecular weight is 623 g/mol. The summed E-state index contributed by atoms with van der Waals surface area (Å²) in [5, 5.41) is 11.8. The molecular weight excluding hydrogens is 595 g/mol. The van der Waals surface area contributed by atoms with Crippen LogP contribution in [0.5, 0.6) is 0 Å². The first-order chi connectivity index (χ1) is 14.8. The Labute approximate surface area is 207 Å². The number of benzene rings is 2. The van der Waals surface area contributed by atoms with Crippen LogP contribution < -0.4 is 0 Å². The number of pyridine rings is 1. The number of aliphatic hydroxyl groups excluding tert-OH is 1. The molecule has 0 aliphatic rings. The molecule has 2 aromatic heterocycles. The van der Waals surface area contributed by atoms with E-state index in [9.17, 15) is 9.90 Å². The van der Waals surface area contributed by atoms with E-state index in [0.29, 0.717) is 0 Å². The van der Waals surface area contributed by atoms with Crippen LogP contribution in [0.3, 0.4) is 0 Å². The summed E-state index contributed by atoms with van der Waals surface area (Å²) in [6, 6.07) is 19.9. The summed E-state index contributed by atoms with van der Waals surface area (Å²) in [5.41, 5.74) is 3.41. The fraction of sp³-hybridized carbons (Fsp3) is 0.259. The van der Waals surface area contributed by atoms with E-state index in [1.807, 2.05) is 63.4 Å². The molecule has 3 nitrogen and oxygen atoms in total. The van der Waals surface area contributed by atoms with Gasteiger partial charge in [-0.15, -0.1) is 47.2 Å². The first kappa shape index (κ1) is 25.9. The second kappa shape index (κ2) is 11.5. The first-order valence-corrected chi connectivity index (χ1v) is 11.3. The number of ketones is 1. The molecule has 32 heavy (non-hydrogen) atoms. The van der Waals surface area contributed by atoms with Gasteiger partial charge < -0.3 is 10.1 Å². The maximum Gasteiger partial charge on any atom is 0.161 e. The van der Waals surface area contributed by atoms with Gasteiger partial charge in [0.25, 0.3) is 0 Å². The molecule has 0 bridgehead atoms. The third-order valence-corrected chi connectivity index (χ3v) is 6.39. The molecule has 2 heterocycles. The Hall–Kier alpha value is -2.33. The maximum absolute atomic E-state index is 11.0. The second-order valence-corrected chi connectivity index (χ2v) is 9.17. The van der Waals surface area contributed by atoms with Crippen molar-refractivity contribution in [3.05, 3.63) is 78.2 Å². The summed E-state index contributed by atoms with van der Waals surface area (Å²) < 4.78 is 2.60. The number of hydrogen-bond donors (Lipinski definition) is 1. The smallest absolute Gasteiger partial charge is 0.161 e. The molecule has 0 aliphatic heterocycles. The minimum atomic E-state index is -0.0316. The summed E-state index contributed by atoms with van der Waals surface area (Å²) in [7, 11) is 0. The molecule has 0 saturated heterocycles. The van der Waals surface area contributed by atoms with Gasteiger partial charge in [0, 0.05) is 59.3 Å². The van der Waals surface area contributed by atoms with Gasteiger partial charge in [-0.25, -0.2) is 0 Å². The standard InChI is InChI=1S/C18H12NS.C9H16O2.Ir/c1-12-6-5-9-14-15-10-11-19-16(18(15)20-17(12)14)13-7-3-2-4-8-13;1-6(2)8(10)5-9(11)7(3)4;/h2-7,9-11H,1H3;5-7,10H,1-4H3;/q-1;;/b;8-5-;. The zero-order valence-corrected chi connectivity index (χ0v) is 22.2. The van der Waals surface area contributed by atoms with Crippen molar-refractivity contribution in [2.75, 3.05) is 0 Å². The normalized spacial score (nSPS) is 11.4. The number of thiophene rings is 1. The summed E-state index contributed by atoms with van der Waals surface area (Å²) in [6.45, 7) is 9.48. The summed E-state index contributed by atoms with van der Waals surface area (Å²) >= 11 is 1.83. The van der Waals surface area contributed by atoms with E-state index in [2.05, 4.69) is 48.3 Å². The van der Waals surface area contributed by atoms with Crippen LogP contribution in [0.25, 0.3) is 31.4 Å². The van der Waals surface area contributed by atoms with Crippen LogP contribution in [0.15, 0.2) is 66.6 Å². The van der Waals surface area contributed by atoms with E-state index in [1.54, 1.807) is 0 Å². The van der Waals surface area contributed by atoms with Gasteiger partial charge in [0.15, 0.2) is 5.78 Å². The molecule has 0 saturated carbocycles. The Morgan fingerprint density at radius 3 is 2.34 bits per heavy atom. The van der Waals surface area contributed by atoms with Crippen LogP contribution in [0.1, 0.15) is 33.3 Å². The topological polar surface area (TPSA) is 50.2 Å². The molecule has 169 valence electrons. The quantitative estimate of drug-likeness (QED) is 0.145. The van der Waals surface area contributed by atoms with Crippen LogP contribution >= 0.6 is 11.3 Å². The van der Waals surface area contributed by atoms with Crippen LogP contribution in [0.2, 0.25) is 0 Å². The fourth-order valence-electron chi connectivity index (χ4n) is 3.08. The van der Waals surface area contributed by atoms with E-state index < -0.39 is 0 Å². The number of allylic oxidation sites excluding steroid dienone is 2. The van der Waals surface area contributed by atoms with Crippen molar-refractivity contribution >= 4 is 37.3 Å². The van der Waals surface area contributed by atoms with Crippen LogP contribution in [0.4, 0.5) is 0 Å². The summed E-state index contributed by atoms with van der Waals surface area (Å²) in [4.78, 5) is 15.6. The third-order valence-electron chi connectivity index (χ3n) is 5.03. The van der Waals surface area contributed by atoms with Crippen molar-refractivity contribution < 1.29 is 30.0 Å². The Kier molecular flexibility index (Phi) is 9.32. The summed E-state index contributed by atoms with van der Waals surface area (Å²) in [6.07, 6.45) is 3.21.